The lowest BCUT2D eigenvalue weighted by molar-refractivity contribution is -0.139. The summed E-state index contributed by atoms with van der Waals surface area (Å²) in [4.78, 5) is 12.6. The molecule has 2 heterocycles. The third-order valence-corrected chi connectivity index (χ3v) is 5.07. The molecule has 2 atom stereocenters. The fourth-order valence-electron chi connectivity index (χ4n) is 3.14. The number of nitrogens with two attached hydrogens (primary N) is 1. The second-order valence-corrected chi connectivity index (χ2v) is 7.29. The number of nitrogen functional groups attached to an aromatic ring is 1. The molecule has 6 nitrogen and oxygen atoms in total. The van der Waals surface area contributed by atoms with Crippen molar-refractivity contribution in [3.05, 3.63) is 57.0 Å². The van der Waals surface area contributed by atoms with Crippen LogP contribution >= 0.6 is 11.6 Å². The van der Waals surface area contributed by atoms with E-state index in [4.69, 9.17) is 22.1 Å². The van der Waals surface area contributed by atoms with Crippen molar-refractivity contribution in [1.82, 2.24) is 4.57 Å². The smallest absolute Gasteiger partial charge is 0.274 e. The molecule has 25 heavy (non-hydrogen) atoms. The molecule has 1 aromatic carbocycles. The topological polar surface area (TPSA) is 101 Å². The molecule has 2 unspecified atom stereocenters. The van der Waals surface area contributed by atoms with Gasteiger partial charge in [0.1, 0.15) is 17.0 Å². The third kappa shape index (κ3) is 2.56. The zero-order valence-corrected chi connectivity index (χ0v) is 14.8. The summed E-state index contributed by atoms with van der Waals surface area (Å²) in [5.74, 6) is 0.492. The van der Waals surface area contributed by atoms with Gasteiger partial charge in [-0.3, -0.25) is 4.79 Å². The number of pyridine rings is 1. The van der Waals surface area contributed by atoms with Gasteiger partial charge < -0.3 is 20.1 Å². The molecule has 130 valence electrons. The van der Waals surface area contributed by atoms with Crippen molar-refractivity contribution in [2.75, 3.05) is 5.73 Å². The van der Waals surface area contributed by atoms with Gasteiger partial charge >= 0.3 is 0 Å². The number of benzene rings is 1. The average Bonchev–Trinajstić information content (AvgIpc) is 2.52. The van der Waals surface area contributed by atoms with E-state index in [0.717, 1.165) is 0 Å². The van der Waals surface area contributed by atoms with Gasteiger partial charge in [0, 0.05) is 11.8 Å². The highest BCUT2D eigenvalue weighted by atomic mass is 35.5. The summed E-state index contributed by atoms with van der Waals surface area (Å²) in [6.07, 6.45) is 1.43. The highest BCUT2D eigenvalue weighted by Crippen LogP contribution is 2.48. The molecule has 0 aliphatic carbocycles. The summed E-state index contributed by atoms with van der Waals surface area (Å²) < 4.78 is 7.25. The largest absolute Gasteiger partial charge is 0.484 e. The van der Waals surface area contributed by atoms with Crippen molar-refractivity contribution < 1.29 is 9.84 Å². The Bertz CT molecular complexity index is 957. The minimum atomic E-state index is -1.48. The number of aromatic nitrogens is 1. The van der Waals surface area contributed by atoms with Crippen molar-refractivity contribution in [2.45, 2.75) is 38.0 Å². The van der Waals surface area contributed by atoms with Crippen LogP contribution < -0.4 is 16.0 Å². The predicted molar refractivity (Wildman–Crippen MR) is 94.8 cm³/mol. The van der Waals surface area contributed by atoms with Gasteiger partial charge in [-0.2, -0.15) is 5.26 Å². The Hall–Kier alpha value is -2.49. The van der Waals surface area contributed by atoms with E-state index in [2.05, 4.69) is 6.07 Å². The Kier molecular flexibility index (Phi) is 3.82. The number of hydrogen-bond acceptors (Lipinski definition) is 5. The molecule has 0 saturated carbocycles. The van der Waals surface area contributed by atoms with E-state index >= 15 is 0 Å². The van der Waals surface area contributed by atoms with Crippen LogP contribution in [0.1, 0.15) is 37.9 Å². The minimum Gasteiger partial charge on any atom is -0.484 e. The van der Waals surface area contributed by atoms with Crippen LogP contribution in [-0.4, -0.2) is 20.9 Å². The zero-order chi connectivity index (χ0) is 18.6. The second kappa shape index (κ2) is 5.51. The molecule has 1 aromatic heterocycles. The van der Waals surface area contributed by atoms with Gasteiger partial charge in [0.2, 0.25) is 0 Å². The van der Waals surface area contributed by atoms with E-state index in [0.29, 0.717) is 16.9 Å². The summed E-state index contributed by atoms with van der Waals surface area (Å²) in [5, 5.41) is 20.8. The Labute approximate surface area is 150 Å². The average molecular weight is 360 g/mol. The summed E-state index contributed by atoms with van der Waals surface area (Å²) in [6.45, 7) is 5.06. The third-order valence-electron chi connectivity index (χ3n) is 4.87. The minimum absolute atomic E-state index is 0.0226. The molecule has 1 aliphatic rings. The Morgan fingerprint density at radius 2 is 2.04 bits per heavy atom. The Balaban J connectivity index is 2.38. The van der Waals surface area contributed by atoms with Gasteiger partial charge in [0.25, 0.3) is 5.56 Å². The summed E-state index contributed by atoms with van der Waals surface area (Å²) in [7, 11) is 0. The highest BCUT2D eigenvalue weighted by Gasteiger charge is 2.53. The maximum Gasteiger partial charge on any atom is 0.274 e. The fourth-order valence-corrected chi connectivity index (χ4v) is 3.36. The maximum absolute atomic E-state index is 12.6. The normalized spacial score (nSPS) is 24.1. The summed E-state index contributed by atoms with van der Waals surface area (Å²) in [6, 6.07) is 7.49. The number of anilines is 1. The number of halogens is 1. The monoisotopic (exact) mass is 359 g/mol. The summed E-state index contributed by atoms with van der Waals surface area (Å²) >= 11 is 6.09. The molecule has 3 N–H and O–H groups in total. The van der Waals surface area contributed by atoms with Gasteiger partial charge in [-0.1, -0.05) is 11.6 Å². The van der Waals surface area contributed by atoms with E-state index < -0.39 is 22.8 Å². The van der Waals surface area contributed by atoms with Gasteiger partial charge in [0.15, 0.2) is 0 Å². The van der Waals surface area contributed by atoms with Gasteiger partial charge in [-0.15, -0.1) is 0 Å². The Morgan fingerprint density at radius 1 is 1.36 bits per heavy atom. The van der Waals surface area contributed by atoms with E-state index in [1.54, 1.807) is 39.0 Å². The summed E-state index contributed by atoms with van der Waals surface area (Å²) in [5.41, 5.74) is 3.72. The maximum atomic E-state index is 12.6. The molecular weight excluding hydrogens is 342 g/mol. The fraction of sp³-hybridized carbons (Fsp3) is 0.333. The van der Waals surface area contributed by atoms with E-state index in [9.17, 15) is 15.2 Å². The van der Waals surface area contributed by atoms with Crippen molar-refractivity contribution in [3.8, 4) is 11.8 Å². The van der Waals surface area contributed by atoms with E-state index in [-0.39, 0.29) is 10.7 Å². The molecule has 0 saturated heterocycles. The lowest BCUT2D eigenvalue weighted by Gasteiger charge is -2.50. The first-order chi connectivity index (χ1) is 11.6. The quantitative estimate of drug-likeness (QED) is 0.814. The lowest BCUT2D eigenvalue weighted by Crippen LogP contribution is -2.60. The SMILES string of the molecule is CC1(C)Oc2ccc(C#N)cc2C(n2cc(Cl)cc(N)c2=O)C1(C)O. The molecule has 7 heteroatoms. The first-order valence-electron chi connectivity index (χ1n) is 7.71. The van der Waals surface area contributed by atoms with Crippen LogP contribution in [0.25, 0.3) is 0 Å². The number of rotatable bonds is 1. The molecule has 2 aromatic rings. The van der Waals surface area contributed by atoms with Crippen molar-refractivity contribution in [1.29, 1.82) is 5.26 Å². The molecule has 0 fully saturated rings. The Morgan fingerprint density at radius 3 is 2.68 bits per heavy atom. The van der Waals surface area contributed by atoms with Crippen molar-refractivity contribution in [2.24, 2.45) is 0 Å². The second-order valence-electron chi connectivity index (χ2n) is 6.85. The van der Waals surface area contributed by atoms with E-state index in [1.165, 1.54) is 16.8 Å². The molecule has 0 bridgehead atoms. The van der Waals surface area contributed by atoms with Crippen LogP contribution in [0.5, 0.6) is 5.75 Å². The predicted octanol–water partition coefficient (Wildman–Crippen LogP) is 2.47. The number of aliphatic hydroxyl groups is 1. The number of fused-ring (bicyclic) bond motifs is 1. The molecular formula is C18H18ClN3O3. The van der Waals surface area contributed by atoms with Gasteiger partial charge in [0.05, 0.1) is 28.4 Å². The highest BCUT2D eigenvalue weighted by molar-refractivity contribution is 6.30. The molecule has 0 radical (unpaired) electrons. The van der Waals surface area contributed by atoms with Crippen LogP contribution in [0.4, 0.5) is 5.69 Å². The van der Waals surface area contributed by atoms with Crippen LogP contribution in [-0.2, 0) is 0 Å². The first kappa shape index (κ1) is 17.3. The van der Waals surface area contributed by atoms with Crippen LogP contribution in [0, 0.1) is 11.3 Å². The van der Waals surface area contributed by atoms with Crippen LogP contribution in [0.2, 0.25) is 5.02 Å². The molecule has 0 spiro atoms. The van der Waals surface area contributed by atoms with Gasteiger partial charge in [-0.25, -0.2) is 0 Å². The number of nitrogens with zero attached hydrogens (tertiary/aromatic N) is 2. The zero-order valence-electron chi connectivity index (χ0n) is 14.1. The molecule has 0 amide bonds. The van der Waals surface area contributed by atoms with E-state index in [1.807, 2.05) is 0 Å². The van der Waals surface area contributed by atoms with Crippen LogP contribution in [0.3, 0.4) is 0 Å². The first-order valence-corrected chi connectivity index (χ1v) is 8.09. The molecule has 1 aliphatic heterocycles. The van der Waals surface area contributed by atoms with Gasteiger partial charge in [-0.05, 0) is 45.0 Å². The van der Waals surface area contributed by atoms with Crippen molar-refractivity contribution in [3.63, 3.8) is 0 Å². The van der Waals surface area contributed by atoms with Crippen LogP contribution in [0.15, 0.2) is 35.3 Å². The lowest BCUT2D eigenvalue weighted by atomic mass is 9.75. The number of nitriles is 1. The number of ether oxygens (including phenoxy) is 1. The standard InChI is InChI=1S/C18H18ClN3O3/c1-17(2)18(3,24)15(22-9-11(19)7-13(21)16(22)23)12-6-10(8-20)4-5-14(12)25-17/h4-7,9,15,24H,21H2,1-3H3. The van der Waals surface area contributed by atoms with Crippen molar-refractivity contribution >= 4 is 17.3 Å². The number of hydrogen-bond donors (Lipinski definition) is 2. The molecule has 3 rings (SSSR count).